The van der Waals surface area contributed by atoms with Gasteiger partial charge in [-0.3, -0.25) is 14.3 Å². The first-order valence-corrected chi connectivity index (χ1v) is 11.9. The van der Waals surface area contributed by atoms with Crippen molar-refractivity contribution in [1.29, 1.82) is 0 Å². The lowest BCUT2D eigenvalue weighted by Gasteiger charge is -2.31. The lowest BCUT2D eigenvalue weighted by Crippen LogP contribution is -2.38. The van der Waals surface area contributed by atoms with Crippen LogP contribution in [0, 0.1) is 5.92 Å². The van der Waals surface area contributed by atoms with Gasteiger partial charge in [0.25, 0.3) is 5.56 Å². The highest BCUT2D eigenvalue weighted by molar-refractivity contribution is 5.98. The molecule has 7 nitrogen and oxygen atoms in total. The minimum absolute atomic E-state index is 0.116. The molecule has 178 valence electrons. The van der Waals surface area contributed by atoms with Crippen molar-refractivity contribution in [2.24, 2.45) is 5.92 Å². The van der Waals surface area contributed by atoms with Gasteiger partial charge in [-0.25, -0.2) is 9.59 Å². The van der Waals surface area contributed by atoms with Crippen molar-refractivity contribution in [3.8, 4) is 0 Å². The molecular formula is C27H31N3O4. The van der Waals surface area contributed by atoms with Crippen molar-refractivity contribution in [3.05, 3.63) is 86.6 Å². The van der Waals surface area contributed by atoms with Crippen LogP contribution in [0.15, 0.2) is 69.8 Å². The number of aromatic amines is 1. The van der Waals surface area contributed by atoms with Crippen LogP contribution in [0.4, 0.5) is 0 Å². The molecule has 0 amide bonds. The van der Waals surface area contributed by atoms with E-state index < -0.39 is 0 Å². The second kappa shape index (κ2) is 10.7. The maximum atomic E-state index is 12.8. The van der Waals surface area contributed by atoms with Crippen molar-refractivity contribution in [2.45, 2.75) is 33.2 Å². The summed E-state index contributed by atoms with van der Waals surface area (Å²) in [6, 6.07) is 17.1. The number of aromatic nitrogens is 2. The monoisotopic (exact) mass is 461 g/mol. The van der Waals surface area contributed by atoms with Crippen molar-refractivity contribution in [1.82, 2.24) is 14.5 Å². The van der Waals surface area contributed by atoms with Crippen LogP contribution in [0.5, 0.6) is 0 Å². The second-order valence-electron chi connectivity index (χ2n) is 8.86. The van der Waals surface area contributed by atoms with Gasteiger partial charge in [-0.15, -0.1) is 0 Å². The van der Waals surface area contributed by atoms with Gasteiger partial charge in [-0.1, -0.05) is 49.4 Å². The fourth-order valence-electron chi connectivity index (χ4n) is 4.54. The van der Waals surface area contributed by atoms with Crippen LogP contribution in [-0.2, 0) is 16.1 Å². The minimum atomic E-state index is -0.381. The molecule has 7 heteroatoms. The zero-order valence-corrected chi connectivity index (χ0v) is 19.8. The fraction of sp³-hybridized carbons (Fsp3) is 0.370. The Hall–Kier alpha value is -3.45. The molecule has 0 bridgehead atoms. The van der Waals surface area contributed by atoms with E-state index in [9.17, 15) is 14.4 Å². The van der Waals surface area contributed by atoms with Crippen molar-refractivity contribution < 1.29 is 9.53 Å². The SMILES string of the molecule is CCOC(=O)C1=C(c2ccccc2)CCN(CCC(C)Cn2c(=O)[nH]c3ccccc3c2=O)C1. The molecule has 4 rings (SSSR count). The van der Waals surface area contributed by atoms with E-state index in [1.54, 1.807) is 24.3 Å². The van der Waals surface area contributed by atoms with Crippen LogP contribution in [0.3, 0.4) is 0 Å². The number of rotatable bonds is 8. The first-order chi connectivity index (χ1) is 16.5. The molecular weight excluding hydrogens is 430 g/mol. The smallest absolute Gasteiger partial charge is 0.335 e. The maximum Gasteiger partial charge on any atom is 0.335 e. The van der Waals surface area contributed by atoms with E-state index >= 15 is 0 Å². The lowest BCUT2D eigenvalue weighted by molar-refractivity contribution is -0.138. The zero-order valence-electron chi connectivity index (χ0n) is 19.8. The molecule has 0 saturated carbocycles. The summed E-state index contributed by atoms with van der Waals surface area (Å²) in [6.07, 6.45) is 1.58. The summed E-state index contributed by atoms with van der Waals surface area (Å²) >= 11 is 0. The average molecular weight is 462 g/mol. The summed E-state index contributed by atoms with van der Waals surface area (Å²) in [7, 11) is 0. The molecule has 2 aromatic carbocycles. The Bertz CT molecular complexity index is 1310. The number of nitrogens with one attached hydrogen (secondary N) is 1. The lowest BCUT2D eigenvalue weighted by atomic mass is 9.93. The van der Waals surface area contributed by atoms with Crippen LogP contribution in [0.1, 0.15) is 32.3 Å². The number of hydrogen-bond acceptors (Lipinski definition) is 5. The Morgan fingerprint density at radius 2 is 1.82 bits per heavy atom. The summed E-state index contributed by atoms with van der Waals surface area (Å²) in [5, 5.41) is 0.517. The van der Waals surface area contributed by atoms with E-state index in [1.165, 1.54) is 4.57 Å². The van der Waals surface area contributed by atoms with Gasteiger partial charge in [0, 0.05) is 19.6 Å². The largest absolute Gasteiger partial charge is 0.463 e. The van der Waals surface area contributed by atoms with E-state index in [-0.39, 0.29) is 23.1 Å². The Kier molecular flexibility index (Phi) is 7.43. The number of fused-ring (bicyclic) bond motifs is 1. The normalized spacial score (nSPS) is 15.5. The Balaban J connectivity index is 1.45. The molecule has 2 heterocycles. The molecule has 0 saturated heterocycles. The summed E-state index contributed by atoms with van der Waals surface area (Å²) in [6.45, 7) is 6.70. The van der Waals surface area contributed by atoms with Gasteiger partial charge < -0.3 is 9.72 Å². The Morgan fingerprint density at radius 3 is 2.59 bits per heavy atom. The molecule has 34 heavy (non-hydrogen) atoms. The van der Waals surface area contributed by atoms with Crippen LogP contribution in [-0.4, -0.2) is 46.7 Å². The van der Waals surface area contributed by atoms with Crippen molar-refractivity contribution in [3.63, 3.8) is 0 Å². The predicted molar refractivity (Wildman–Crippen MR) is 134 cm³/mol. The van der Waals surface area contributed by atoms with Gasteiger partial charge in [0.05, 0.1) is 23.1 Å². The molecule has 0 spiro atoms. The molecule has 0 aliphatic carbocycles. The molecule has 0 fully saturated rings. The number of carbonyl (C=O) groups excluding carboxylic acids is 1. The Labute approximate surface area is 198 Å². The van der Waals surface area contributed by atoms with Gasteiger partial charge in [0.2, 0.25) is 0 Å². The highest BCUT2D eigenvalue weighted by Crippen LogP contribution is 2.28. The van der Waals surface area contributed by atoms with Gasteiger partial charge >= 0.3 is 11.7 Å². The number of benzene rings is 2. The maximum absolute atomic E-state index is 12.8. The quantitative estimate of drug-likeness (QED) is 0.520. The molecule has 1 N–H and O–H groups in total. The number of carbonyl (C=O) groups is 1. The third kappa shape index (κ3) is 5.20. The van der Waals surface area contributed by atoms with Gasteiger partial charge in [-0.2, -0.15) is 0 Å². The third-order valence-corrected chi connectivity index (χ3v) is 6.39. The number of nitrogens with zero attached hydrogens (tertiary/aromatic N) is 2. The third-order valence-electron chi connectivity index (χ3n) is 6.39. The van der Waals surface area contributed by atoms with Gasteiger partial charge in [0.15, 0.2) is 0 Å². The van der Waals surface area contributed by atoms with E-state index in [0.29, 0.717) is 36.2 Å². The van der Waals surface area contributed by atoms with Gasteiger partial charge in [0.1, 0.15) is 0 Å². The Morgan fingerprint density at radius 1 is 1.09 bits per heavy atom. The molecule has 1 aliphatic heterocycles. The highest BCUT2D eigenvalue weighted by atomic mass is 16.5. The van der Waals surface area contributed by atoms with Crippen LogP contribution >= 0.6 is 0 Å². The summed E-state index contributed by atoms with van der Waals surface area (Å²) in [5.41, 5.74) is 2.75. The number of H-pyrrole nitrogens is 1. The molecule has 3 aromatic rings. The number of hydrogen-bond donors (Lipinski definition) is 1. The minimum Gasteiger partial charge on any atom is -0.463 e. The van der Waals surface area contributed by atoms with Crippen molar-refractivity contribution >= 4 is 22.4 Å². The summed E-state index contributed by atoms with van der Waals surface area (Å²) in [4.78, 5) is 43.1. The van der Waals surface area contributed by atoms with Gasteiger partial charge in [-0.05, 0) is 55.5 Å². The summed E-state index contributed by atoms with van der Waals surface area (Å²) in [5.74, 6) is -0.140. The number of esters is 1. The van der Waals surface area contributed by atoms with E-state index in [1.807, 2.05) is 44.2 Å². The number of ether oxygens (including phenoxy) is 1. The van der Waals surface area contributed by atoms with Crippen LogP contribution in [0.25, 0.3) is 16.5 Å². The summed E-state index contributed by atoms with van der Waals surface area (Å²) < 4.78 is 6.64. The topological polar surface area (TPSA) is 84.4 Å². The second-order valence-corrected chi connectivity index (χ2v) is 8.86. The van der Waals surface area contributed by atoms with E-state index in [4.69, 9.17) is 4.74 Å². The highest BCUT2D eigenvalue weighted by Gasteiger charge is 2.26. The molecule has 1 unspecified atom stereocenters. The standard InChI is InChI=1S/C27H31N3O4/c1-3-34-26(32)23-18-29(16-14-21(23)20-9-5-4-6-10-20)15-13-19(2)17-30-25(31)22-11-7-8-12-24(22)28-27(30)33/h4-12,19H,3,13-18H2,1-2H3,(H,28,33). The van der Waals surface area contributed by atoms with E-state index in [2.05, 4.69) is 9.88 Å². The predicted octanol–water partition coefficient (Wildman–Crippen LogP) is 3.44. The van der Waals surface area contributed by atoms with E-state index in [0.717, 1.165) is 37.1 Å². The first kappa shape index (κ1) is 23.7. The molecule has 0 radical (unpaired) electrons. The zero-order chi connectivity index (χ0) is 24.1. The first-order valence-electron chi connectivity index (χ1n) is 11.9. The molecule has 1 atom stereocenters. The van der Waals surface area contributed by atoms with Crippen molar-refractivity contribution in [2.75, 3.05) is 26.2 Å². The molecule has 1 aromatic heterocycles. The van der Waals surface area contributed by atoms with Crippen LogP contribution in [0.2, 0.25) is 0 Å². The molecule has 1 aliphatic rings. The number of para-hydroxylation sites is 1. The van der Waals surface area contributed by atoms with Crippen LogP contribution < -0.4 is 11.2 Å². The average Bonchev–Trinajstić information content (AvgIpc) is 2.86. The fourth-order valence-corrected chi connectivity index (χ4v) is 4.54.